The number of hydrogen-bond donors (Lipinski definition) is 6. The first-order chi connectivity index (χ1) is 46.7. The van der Waals surface area contributed by atoms with Gasteiger partial charge in [-0.3, -0.25) is 20.3 Å². The van der Waals surface area contributed by atoms with Gasteiger partial charge in [-0.25, -0.2) is 49.5 Å². The van der Waals surface area contributed by atoms with Crippen LogP contribution < -0.4 is 40.5 Å². The van der Waals surface area contributed by atoms with Crippen LogP contribution in [0.15, 0.2) is 62.9 Å². The largest absolute Gasteiger partial charge is 0.480 e. The maximum atomic E-state index is 12.2. The molecule has 13 rings (SSSR count). The lowest BCUT2D eigenvalue weighted by Crippen LogP contribution is -2.54. The summed E-state index contributed by atoms with van der Waals surface area (Å²) in [5.41, 5.74) is 8.79. The van der Waals surface area contributed by atoms with Crippen LogP contribution in [0, 0.1) is 4.64 Å². The summed E-state index contributed by atoms with van der Waals surface area (Å²) in [5.74, 6) is 3.22. The molecule has 7 aromatic heterocycles. The smallest absolute Gasteiger partial charge is 0.408 e. The van der Waals surface area contributed by atoms with E-state index in [0.717, 1.165) is 148 Å². The van der Waals surface area contributed by atoms with Gasteiger partial charge in [-0.15, -0.1) is 0 Å². The lowest BCUT2D eigenvalue weighted by molar-refractivity contribution is 0.0435. The maximum absolute atomic E-state index is 12.2. The zero-order valence-electron chi connectivity index (χ0n) is 57.9. The number of carbonyl (C=O) groups excluding carboxylic acids is 2. The average molecular weight is 1450 g/mol. The number of fused-ring (bicyclic) bond motifs is 3. The number of aromatic amines is 3. The zero-order chi connectivity index (χ0) is 70.3. The summed E-state index contributed by atoms with van der Waals surface area (Å²) in [7, 11) is 3.07. The van der Waals surface area contributed by atoms with Gasteiger partial charge in [0.25, 0.3) is 0 Å². The van der Waals surface area contributed by atoms with Crippen LogP contribution >= 0.6 is 58.9 Å². The third-order valence-electron chi connectivity index (χ3n) is 16.7. The molecule has 0 aliphatic carbocycles. The number of anilines is 3. The number of amides is 2. The minimum absolute atomic E-state index is 0.0849. The van der Waals surface area contributed by atoms with E-state index >= 15 is 0 Å². The highest BCUT2D eigenvalue weighted by molar-refractivity contribution is 8.14. The molecule has 0 spiro atoms. The van der Waals surface area contributed by atoms with E-state index in [1.54, 1.807) is 38.0 Å². The molecule has 0 atom stereocenters. The van der Waals surface area contributed by atoms with Crippen molar-refractivity contribution in [1.29, 1.82) is 0 Å². The summed E-state index contributed by atoms with van der Waals surface area (Å²) >= 11 is 20.7. The van der Waals surface area contributed by atoms with Crippen LogP contribution in [0.25, 0.3) is 22.3 Å². The number of piperidine rings is 3. The minimum atomic E-state index is -0.526. The fourth-order valence-electron chi connectivity index (χ4n) is 11.0. The van der Waals surface area contributed by atoms with Gasteiger partial charge in [0.05, 0.1) is 45.0 Å². The highest BCUT2D eigenvalue weighted by Crippen LogP contribution is 2.40. The van der Waals surface area contributed by atoms with Crippen molar-refractivity contribution in [2.45, 2.75) is 189 Å². The topological polar surface area (TPSA) is 325 Å². The molecule has 32 heteroatoms. The van der Waals surface area contributed by atoms with Gasteiger partial charge in [0.2, 0.25) is 11.8 Å². The number of methoxy groups -OCH3 is 2. The Morgan fingerprint density at radius 1 is 0.612 bits per heavy atom. The lowest BCUT2D eigenvalue weighted by Gasteiger charge is -2.40. The predicted molar refractivity (Wildman–Crippen MR) is 386 cm³/mol. The Morgan fingerprint density at radius 3 is 1.52 bits per heavy atom. The summed E-state index contributed by atoms with van der Waals surface area (Å²) in [4.78, 5) is 73.0. The second-order valence-corrected chi connectivity index (χ2v) is 30.6. The first kappa shape index (κ1) is 75.3. The van der Waals surface area contributed by atoms with Crippen molar-refractivity contribution in [3.05, 3.63) is 69.2 Å². The Kier molecular flexibility index (Phi) is 26.1. The number of ether oxygens (including phenoxy) is 6. The maximum Gasteiger partial charge on any atom is 0.408 e. The quantitative estimate of drug-likeness (QED) is 0.0693. The molecular formula is C66H93Cl2N19O8S3. The zero-order valence-corrected chi connectivity index (χ0v) is 61.9. The average Bonchev–Trinajstić information content (AvgIpc) is 1.53. The Bertz CT molecular complexity index is 3850. The molecule has 0 unspecified atom stereocenters. The van der Waals surface area contributed by atoms with Crippen LogP contribution in [0.2, 0.25) is 10.0 Å². The summed E-state index contributed by atoms with van der Waals surface area (Å²) in [6.07, 6.45) is 20.7. The number of H-pyrrole nitrogens is 3. The number of rotatable bonds is 10. The molecule has 0 radical (unpaired) electrons. The molecular weight excluding hydrogens is 1350 g/mol. The highest BCUT2D eigenvalue weighted by atomic mass is 35.5. The van der Waals surface area contributed by atoms with Gasteiger partial charge in [-0.1, -0.05) is 58.9 Å². The van der Waals surface area contributed by atoms with Crippen LogP contribution in [0.5, 0.6) is 11.8 Å². The molecule has 7 N–H and O–H groups in total. The molecule has 0 bridgehead atoms. The van der Waals surface area contributed by atoms with Crippen molar-refractivity contribution in [2.75, 3.05) is 94.6 Å². The van der Waals surface area contributed by atoms with Gasteiger partial charge in [0, 0.05) is 104 Å². The number of halogens is 2. The molecule has 532 valence electrons. The van der Waals surface area contributed by atoms with Crippen LogP contribution in [0.3, 0.4) is 0 Å². The first-order valence-corrected chi connectivity index (χ1v) is 36.0. The van der Waals surface area contributed by atoms with Crippen molar-refractivity contribution >= 4 is 116 Å². The Morgan fingerprint density at radius 2 is 1.06 bits per heavy atom. The van der Waals surface area contributed by atoms with E-state index in [9.17, 15) is 9.59 Å². The molecule has 27 nitrogen and oxygen atoms in total. The molecule has 0 aromatic carbocycles. The fraction of sp³-hybridized carbons (Fsp3) is 0.591. The summed E-state index contributed by atoms with van der Waals surface area (Å²) in [6, 6.07) is 3.64. The molecule has 0 saturated carbocycles. The van der Waals surface area contributed by atoms with Gasteiger partial charge in [0.1, 0.15) is 65.1 Å². The van der Waals surface area contributed by atoms with E-state index in [0.29, 0.717) is 60.3 Å². The van der Waals surface area contributed by atoms with Crippen LogP contribution in [-0.2, 0) is 25.5 Å². The standard InChI is InChI=1S/C22H28ClN7O3S.C18H21ClN6OS.C16H24N6O2S.2C5H10O/c1-21(2,3)33-20(31)27-22(4)7-10-30(11-8-22)14-12-25-16-17(26-14)28-29-19(16)34-13-6-9-24-18(32-5)15(13)23;1-18(20)4-7-25(8-5-18)13-10-22-15-11(24-13)9-23-17(15)27-12-3-6-21-16(26-2)14(12)19;1-15(2,3)24-14(23)19-16(4)5-7-22(8-6-16)10-9-17-11-12(18-10)20-21-13(11)25;2*1-2-4-6-5-3-1/h6,9,12H,7-8,10-11H2,1-5H3,(H,27,31)(H,26,28,29);3,6,10H,4-5,7-9,20H2,1-2H3;9H,5-8H2,1-4H3,(H,19,23)(H2,18,20,21,25);2*1-5H2. The molecule has 7 aromatic rings. The summed E-state index contributed by atoms with van der Waals surface area (Å²) in [5, 5.41) is 21.5. The van der Waals surface area contributed by atoms with E-state index in [1.165, 1.54) is 69.2 Å². The third kappa shape index (κ3) is 21.5. The Balaban J connectivity index is 0.000000159. The number of thioether (sulfide) groups is 1. The Labute approximate surface area is 596 Å². The normalized spacial score (nSPS) is 17.9. The number of alkyl carbamates (subject to hydrolysis) is 2. The van der Waals surface area contributed by atoms with E-state index in [4.69, 9.17) is 79.5 Å². The van der Waals surface area contributed by atoms with E-state index in [-0.39, 0.29) is 28.8 Å². The molecule has 6 aliphatic rings. The number of aromatic nitrogens is 12. The molecule has 5 saturated heterocycles. The van der Waals surface area contributed by atoms with E-state index in [2.05, 4.69) is 87.5 Å². The number of carbonyl (C=O) groups is 2. The first-order valence-electron chi connectivity index (χ1n) is 33.2. The van der Waals surface area contributed by atoms with Gasteiger partial charge >= 0.3 is 12.2 Å². The third-order valence-corrected chi connectivity index (χ3v) is 20.1. The predicted octanol–water partition coefficient (Wildman–Crippen LogP) is 12.6. The molecule has 2 amide bonds. The lowest BCUT2D eigenvalue weighted by atomic mass is 9.90. The monoisotopic (exact) mass is 1450 g/mol. The molecule has 5 fully saturated rings. The number of aliphatic imine (C=N–C) groups is 1. The SMILES string of the molecule is C1CCOCC1.C1CCOCC1.CC1(NC(=O)OC(C)(C)C)CCN(c2cnc3c(=S)[nH][nH]c3n2)CC1.COc1nccc(SC2=NCc3nc(N4CCC(C)(N)CC4)cnc32)c1Cl.COc1nccc(Sc2n[nH]c3nc(N4CCC(C)(NC(=O)OC(C)(C)C)CC4)cnc23)c1Cl. The van der Waals surface area contributed by atoms with Crippen molar-refractivity contribution in [2.24, 2.45) is 10.7 Å². The second kappa shape index (κ2) is 34.0. The van der Waals surface area contributed by atoms with E-state index < -0.39 is 11.2 Å². The molecule has 98 heavy (non-hydrogen) atoms. The van der Waals surface area contributed by atoms with Gasteiger partial charge in [-0.05, 0) is 151 Å². The minimum Gasteiger partial charge on any atom is -0.480 e. The van der Waals surface area contributed by atoms with Crippen molar-refractivity contribution < 1.29 is 38.0 Å². The van der Waals surface area contributed by atoms with Crippen LogP contribution in [0.4, 0.5) is 27.0 Å². The fourth-order valence-corrected chi connectivity index (χ4v) is 13.6. The van der Waals surface area contributed by atoms with Crippen LogP contribution in [0.1, 0.15) is 151 Å². The van der Waals surface area contributed by atoms with Crippen molar-refractivity contribution in [3.8, 4) is 11.8 Å². The van der Waals surface area contributed by atoms with Crippen molar-refractivity contribution in [1.82, 2.24) is 70.9 Å². The van der Waals surface area contributed by atoms with Gasteiger partial charge in [0.15, 0.2) is 16.3 Å². The number of nitrogens with zero attached hydrogens (tertiary/aromatic N) is 13. The van der Waals surface area contributed by atoms with Crippen LogP contribution in [-0.4, -0.2) is 185 Å². The van der Waals surface area contributed by atoms with E-state index in [1.807, 2.05) is 67.7 Å². The number of hydrogen-bond acceptors (Lipinski definition) is 25. The molecule has 6 aliphatic heterocycles. The number of nitrogens with one attached hydrogen (secondary N) is 5. The second-order valence-electron chi connectivity index (χ2n) is 27.4. The van der Waals surface area contributed by atoms with Gasteiger partial charge < -0.3 is 59.5 Å². The van der Waals surface area contributed by atoms with Crippen molar-refractivity contribution in [3.63, 3.8) is 0 Å². The number of pyridine rings is 2. The molecule has 13 heterocycles. The number of nitrogens with two attached hydrogens (primary N) is 1. The summed E-state index contributed by atoms with van der Waals surface area (Å²) < 4.78 is 31.8. The summed E-state index contributed by atoms with van der Waals surface area (Å²) in [6.45, 7) is 26.7. The highest BCUT2D eigenvalue weighted by Gasteiger charge is 2.36. The van der Waals surface area contributed by atoms with Gasteiger partial charge in [-0.2, -0.15) is 5.10 Å². The Hall–Kier alpha value is -6.93.